The summed E-state index contributed by atoms with van der Waals surface area (Å²) in [6, 6.07) is 10.8. The first-order valence-corrected chi connectivity index (χ1v) is 7.48. The standard InChI is InChI=1S/C17H21NO6/c19-9-15(22)17(24)16(23)14(21)8-18-7-12-5-10-3-1-2-4-11(10)6-13(12)20/h1-7,14-17,19-24H,8-9H2/t14-,15+,16+,17+/m0/s1. The average Bonchev–Trinajstić information content (AvgIpc) is 2.59. The van der Waals surface area contributed by atoms with Gasteiger partial charge >= 0.3 is 0 Å². The van der Waals surface area contributed by atoms with E-state index in [2.05, 4.69) is 4.99 Å². The Morgan fingerprint density at radius 1 is 0.917 bits per heavy atom. The van der Waals surface area contributed by atoms with Crippen LogP contribution in [0.5, 0.6) is 5.75 Å². The second kappa shape index (κ2) is 8.18. The van der Waals surface area contributed by atoms with E-state index in [9.17, 15) is 25.5 Å². The molecule has 0 aliphatic carbocycles. The molecular formula is C17H21NO6. The van der Waals surface area contributed by atoms with Crippen molar-refractivity contribution in [2.24, 2.45) is 4.99 Å². The molecule has 0 bridgehead atoms. The van der Waals surface area contributed by atoms with Crippen molar-refractivity contribution in [1.29, 1.82) is 0 Å². The van der Waals surface area contributed by atoms with E-state index in [0.29, 0.717) is 5.56 Å². The lowest BCUT2D eigenvalue weighted by Crippen LogP contribution is -2.46. The zero-order chi connectivity index (χ0) is 17.7. The highest BCUT2D eigenvalue weighted by molar-refractivity contribution is 5.93. The Morgan fingerprint density at radius 3 is 2.12 bits per heavy atom. The van der Waals surface area contributed by atoms with Gasteiger partial charge in [0, 0.05) is 11.8 Å². The number of aliphatic hydroxyl groups excluding tert-OH is 5. The number of nitrogens with zero attached hydrogens (tertiary/aromatic N) is 1. The van der Waals surface area contributed by atoms with Gasteiger partial charge in [0.05, 0.1) is 13.2 Å². The molecule has 2 aromatic carbocycles. The van der Waals surface area contributed by atoms with Crippen molar-refractivity contribution in [1.82, 2.24) is 0 Å². The molecule has 0 aliphatic heterocycles. The number of aromatic hydroxyl groups is 1. The summed E-state index contributed by atoms with van der Waals surface area (Å²) < 4.78 is 0. The fourth-order valence-corrected chi connectivity index (χ4v) is 2.28. The van der Waals surface area contributed by atoms with Crippen LogP contribution in [0.15, 0.2) is 41.4 Å². The summed E-state index contributed by atoms with van der Waals surface area (Å²) in [7, 11) is 0. The third-order valence-electron chi connectivity index (χ3n) is 3.74. The monoisotopic (exact) mass is 335 g/mol. The first-order chi connectivity index (χ1) is 11.4. The van der Waals surface area contributed by atoms with Crippen LogP contribution in [-0.2, 0) is 0 Å². The first-order valence-electron chi connectivity index (χ1n) is 7.48. The Labute approximate surface area is 138 Å². The van der Waals surface area contributed by atoms with Gasteiger partial charge in [-0.15, -0.1) is 0 Å². The van der Waals surface area contributed by atoms with Crippen LogP contribution in [0.1, 0.15) is 5.56 Å². The highest BCUT2D eigenvalue weighted by Crippen LogP contribution is 2.23. The summed E-state index contributed by atoms with van der Waals surface area (Å²) in [6.45, 7) is -0.984. The molecule has 2 aromatic rings. The maximum atomic E-state index is 9.97. The minimum atomic E-state index is -1.69. The van der Waals surface area contributed by atoms with E-state index in [0.717, 1.165) is 10.8 Å². The van der Waals surface area contributed by atoms with E-state index in [-0.39, 0.29) is 12.3 Å². The van der Waals surface area contributed by atoms with Crippen LogP contribution in [0.4, 0.5) is 0 Å². The molecule has 0 radical (unpaired) electrons. The second-order valence-electron chi connectivity index (χ2n) is 5.55. The van der Waals surface area contributed by atoms with Crippen LogP contribution in [0.25, 0.3) is 10.8 Å². The highest BCUT2D eigenvalue weighted by Gasteiger charge is 2.29. The summed E-state index contributed by atoms with van der Waals surface area (Å²) in [6.07, 6.45) is -4.97. The summed E-state index contributed by atoms with van der Waals surface area (Å²) in [5, 5.41) is 58.7. The average molecular weight is 335 g/mol. The SMILES string of the molecule is OC[C@@H](O)[C@@H](O)[C@H](O)[C@@H](O)CN=Cc1cc2ccccc2cc1O. The number of phenolic OH excluding ortho intramolecular Hbond substituents is 1. The van der Waals surface area contributed by atoms with E-state index in [1.807, 2.05) is 24.3 Å². The highest BCUT2D eigenvalue weighted by atomic mass is 16.4. The number of rotatable bonds is 7. The largest absolute Gasteiger partial charge is 0.507 e. The predicted molar refractivity (Wildman–Crippen MR) is 89.2 cm³/mol. The number of aliphatic imine (C=N–C) groups is 1. The van der Waals surface area contributed by atoms with Crippen LogP contribution in [0.2, 0.25) is 0 Å². The van der Waals surface area contributed by atoms with Crippen molar-refractivity contribution in [2.75, 3.05) is 13.2 Å². The molecule has 7 heteroatoms. The van der Waals surface area contributed by atoms with Gasteiger partial charge in [-0.05, 0) is 22.9 Å². The normalized spacial score (nSPS) is 17.0. The van der Waals surface area contributed by atoms with Crippen LogP contribution in [-0.4, -0.2) is 74.4 Å². The van der Waals surface area contributed by atoms with E-state index >= 15 is 0 Å². The quantitative estimate of drug-likeness (QED) is 0.374. The Hall–Kier alpha value is -2.03. The van der Waals surface area contributed by atoms with Gasteiger partial charge in [-0.3, -0.25) is 4.99 Å². The van der Waals surface area contributed by atoms with Crippen molar-refractivity contribution in [3.8, 4) is 5.75 Å². The van der Waals surface area contributed by atoms with Crippen LogP contribution in [0.3, 0.4) is 0 Å². The molecule has 7 nitrogen and oxygen atoms in total. The van der Waals surface area contributed by atoms with E-state index in [1.165, 1.54) is 6.21 Å². The number of phenols is 1. The van der Waals surface area contributed by atoms with Crippen molar-refractivity contribution < 1.29 is 30.6 Å². The molecule has 0 heterocycles. The predicted octanol–water partition coefficient (Wildman–Crippen LogP) is -0.600. The lowest BCUT2D eigenvalue weighted by atomic mass is 10.0. The number of hydrogen-bond acceptors (Lipinski definition) is 7. The lowest BCUT2D eigenvalue weighted by molar-refractivity contribution is -0.112. The Kier molecular flexibility index (Phi) is 6.24. The smallest absolute Gasteiger partial charge is 0.124 e. The minimum absolute atomic E-state index is 0.0308. The van der Waals surface area contributed by atoms with Crippen LogP contribution < -0.4 is 0 Å². The van der Waals surface area contributed by atoms with Gasteiger partial charge in [0.2, 0.25) is 0 Å². The topological polar surface area (TPSA) is 134 Å². The van der Waals surface area contributed by atoms with Crippen molar-refractivity contribution in [2.45, 2.75) is 24.4 Å². The lowest BCUT2D eigenvalue weighted by Gasteiger charge is -2.24. The molecule has 4 atom stereocenters. The zero-order valence-corrected chi connectivity index (χ0v) is 12.9. The molecule has 0 saturated heterocycles. The van der Waals surface area contributed by atoms with Crippen molar-refractivity contribution >= 4 is 17.0 Å². The third kappa shape index (κ3) is 4.28. The van der Waals surface area contributed by atoms with Crippen LogP contribution in [0, 0.1) is 0 Å². The first kappa shape index (κ1) is 18.3. The Morgan fingerprint density at radius 2 is 1.50 bits per heavy atom. The number of benzene rings is 2. The van der Waals surface area contributed by atoms with Gasteiger partial charge in [-0.1, -0.05) is 24.3 Å². The summed E-state index contributed by atoms with van der Waals surface area (Å²) in [4.78, 5) is 3.95. The summed E-state index contributed by atoms with van der Waals surface area (Å²) in [5.74, 6) is 0.0308. The molecular weight excluding hydrogens is 314 g/mol. The molecule has 0 aliphatic rings. The van der Waals surface area contributed by atoms with Crippen molar-refractivity contribution in [3.05, 3.63) is 42.0 Å². The van der Waals surface area contributed by atoms with E-state index in [1.54, 1.807) is 12.1 Å². The molecule has 0 amide bonds. The van der Waals surface area contributed by atoms with E-state index in [4.69, 9.17) is 5.11 Å². The maximum Gasteiger partial charge on any atom is 0.124 e. The van der Waals surface area contributed by atoms with Gasteiger partial charge in [-0.25, -0.2) is 0 Å². The summed E-state index contributed by atoms with van der Waals surface area (Å²) >= 11 is 0. The molecule has 0 spiro atoms. The molecule has 0 saturated carbocycles. The molecule has 24 heavy (non-hydrogen) atoms. The van der Waals surface area contributed by atoms with Crippen LogP contribution >= 0.6 is 0 Å². The molecule has 0 unspecified atom stereocenters. The van der Waals surface area contributed by atoms with Crippen molar-refractivity contribution in [3.63, 3.8) is 0 Å². The molecule has 0 fully saturated rings. The van der Waals surface area contributed by atoms with Gasteiger partial charge in [0.25, 0.3) is 0 Å². The fraction of sp³-hybridized carbons (Fsp3) is 0.353. The van der Waals surface area contributed by atoms with Gasteiger partial charge in [-0.2, -0.15) is 0 Å². The van der Waals surface area contributed by atoms with Gasteiger partial charge in [0.1, 0.15) is 30.2 Å². The van der Waals surface area contributed by atoms with E-state index < -0.39 is 31.0 Å². The molecule has 0 aromatic heterocycles. The Bertz CT molecular complexity index is 705. The Balaban J connectivity index is 2.04. The minimum Gasteiger partial charge on any atom is -0.507 e. The molecule has 2 rings (SSSR count). The van der Waals surface area contributed by atoms with Gasteiger partial charge < -0.3 is 30.6 Å². The second-order valence-corrected chi connectivity index (χ2v) is 5.55. The number of aliphatic hydroxyl groups is 5. The maximum absolute atomic E-state index is 9.97. The molecule has 130 valence electrons. The van der Waals surface area contributed by atoms with Gasteiger partial charge in [0.15, 0.2) is 0 Å². The zero-order valence-electron chi connectivity index (χ0n) is 12.9. The number of hydrogen-bond donors (Lipinski definition) is 6. The third-order valence-corrected chi connectivity index (χ3v) is 3.74. The number of fused-ring (bicyclic) bond motifs is 1. The molecule has 6 N–H and O–H groups in total. The summed E-state index contributed by atoms with van der Waals surface area (Å²) in [5.41, 5.74) is 0.450. The fourth-order valence-electron chi connectivity index (χ4n) is 2.28.